The molecule has 17 heavy (non-hydrogen) atoms. The number of unbranched alkanes of at least 4 members (excludes halogenated alkanes) is 2. The van der Waals surface area contributed by atoms with Crippen LogP contribution in [-0.2, 0) is 0 Å². The first-order chi connectivity index (χ1) is 8.31. The monoisotopic (exact) mass is 234 g/mol. The second-order valence-electron chi connectivity index (χ2n) is 3.99. The van der Waals surface area contributed by atoms with Crippen molar-refractivity contribution in [2.75, 3.05) is 0 Å². The molecule has 96 valence electrons. The van der Waals surface area contributed by atoms with Crippen molar-refractivity contribution in [3.63, 3.8) is 0 Å². The fraction of sp³-hybridized carbons (Fsp3) is 0.500. The van der Waals surface area contributed by atoms with Gasteiger partial charge in [0.05, 0.1) is 5.76 Å². The topological polar surface area (TPSA) is 20.2 Å². The summed E-state index contributed by atoms with van der Waals surface area (Å²) in [6.45, 7) is 3.91. The summed E-state index contributed by atoms with van der Waals surface area (Å²) in [4.78, 5) is 0. The molecule has 0 bridgehead atoms. The molecule has 0 fully saturated rings. The van der Waals surface area contributed by atoms with Crippen LogP contribution in [0, 0.1) is 0 Å². The SMILES string of the molecule is CC=CCCC=CCCC=CCCC(O)=CC. The molecule has 0 aromatic heterocycles. The van der Waals surface area contributed by atoms with Crippen LogP contribution >= 0.6 is 0 Å². The van der Waals surface area contributed by atoms with Gasteiger partial charge in [0.25, 0.3) is 0 Å². The lowest BCUT2D eigenvalue weighted by Crippen LogP contribution is -1.78. The Bertz CT molecular complexity index is 269. The summed E-state index contributed by atoms with van der Waals surface area (Å²) in [6, 6.07) is 0. The fourth-order valence-electron chi connectivity index (χ4n) is 1.40. The maximum Gasteiger partial charge on any atom is 0.0883 e. The minimum Gasteiger partial charge on any atom is -0.513 e. The molecule has 0 aromatic carbocycles. The molecular weight excluding hydrogens is 208 g/mol. The van der Waals surface area contributed by atoms with Crippen LogP contribution < -0.4 is 0 Å². The molecule has 1 nitrogen and oxygen atoms in total. The third-order valence-electron chi connectivity index (χ3n) is 2.47. The molecule has 0 saturated carbocycles. The average molecular weight is 234 g/mol. The Morgan fingerprint density at radius 2 is 1.24 bits per heavy atom. The van der Waals surface area contributed by atoms with Gasteiger partial charge in [-0.05, 0) is 52.0 Å². The van der Waals surface area contributed by atoms with Gasteiger partial charge in [0.15, 0.2) is 0 Å². The van der Waals surface area contributed by atoms with Crippen molar-refractivity contribution in [1.82, 2.24) is 0 Å². The molecule has 0 aliphatic heterocycles. The molecule has 0 aromatic rings. The summed E-state index contributed by atoms with van der Waals surface area (Å²) < 4.78 is 0. The molecule has 0 aliphatic rings. The smallest absolute Gasteiger partial charge is 0.0883 e. The maximum atomic E-state index is 9.21. The van der Waals surface area contributed by atoms with Crippen molar-refractivity contribution in [1.29, 1.82) is 0 Å². The van der Waals surface area contributed by atoms with E-state index in [4.69, 9.17) is 0 Å². The van der Waals surface area contributed by atoms with Crippen molar-refractivity contribution in [3.05, 3.63) is 48.3 Å². The van der Waals surface area contributed by atoms with E-state index in [0.29, 0.717) is 5.76 Å². The third-order valence-corrected chi connectivity index (χ3v) is 2.47. The van der Waals surface area contributed by atoms with Gasteiger partial charge in [-0.3, -0.25) is 0 Å². The van der Waals surface area contributed by atoms with Gasteiger partial charge in [-0.2, -0.15) is 0 Å². The van der Waals surface area contributed by atoms with Crippen molar-refractivity contribution in [2.24, 2.45) is 0 Å². The van der Waals surface area contributed by atoms with Crippen LogP contribution in [0.5, 0.6) is 0 Å². The summed E-state index contributed by atoms with van der Waals surface area (Å²) in [5, 5.41) is 9.21. The zero-order valence-electron chi connectivity index (χ0n) is 11.2. The molecule has 0 atom stereocenters. The molecule has 0 radical (unpaired) electrons. The molecule has 0 saturated heterocycles. The predicted molar refractivity (Wildman–Crippen MR) is 77.2 cm³/mol. The molecule has 1 N–H and O–H groups in total. The summed E-state index contributed by atoms with van der Waals surface area (Å²) in [5.74, 6) is 0.485. The molecular formula is C16H26O. The van der Waals surface area contributed by atoms with Crippen LogP contribution in [0.2, 0.25) is 0 Å². The Hall–Kier alpha value is -1.24. The van der Waals surface area contributed by atoms with E-state index < -0.39 is 0 Å². The quantitative estimate of drug-likeness (QED) is 0.318. The highest BCUT2D eigenvalue weighted by Gasteiger charge is 1.87. The Morgan fingerprint density at radius 1 is 0.765 bits per heavy atom. The maximum absolute atomic E-state index is 9.21. The summed E-state index contributed by atoms with van der Waals surface area (Å²) in [5.41, 5.74) is 0. The Balaban J connectivity index is 3.35. The van der Waals surface area contributed by atoms with Gasteiger partial charge >= 0.3 is 0 Å². The number of hydrogen-bond donors (Lipinski definition) is 1. The molecule has 0 spiro atoms. The van der Waals surface area contributed by atoms with E-state index in [1.54, 1.807) is 6.08 Å². The van der Waals surface area contributed by atoms with Gasteiger partial charge in [-0.1, -0.05) is 36.5 Å². The average Bonchev–Trinajstić information content (AvgIpc) is 2.35. The lowest BCUT2D eigenvalue weighted by molar-refractivity contribution is 0.388. The lowest BCUT2D eigenvalue weighted by Gasteiger charge is -1.93. The Labute approximate surface area is 106 Å². The third kappa shape index (κ3) is 12.7. The van der Waals surface area contributed by atoms with Gasteiger partial charge in [-0.25, -0.2) is 0 Å². The van der Waals surface area contributed by atoms with Crippen LogP contribution in [0.1, 0.15) is 52.4 Å². The number of allylic oxidation sites excluding steroid dienone is 8. The summed E-state index contributed by atoms with van der Waals surface area (Å²) >= 11 is 0. The van der Waals surface area contributed by atoms with Crippen LogP contribution in [0.25, 0.3) is 0 Å². The lowest BCUT2D eigenvalue weighted by atomic mass is 10.2. The van der Waals surface area contributed by atoms with E-state index in [9.17, 15) is 5.11 Å². The molecule has 0 unspecified atom stereocenters. The first-order valence-electron chi connectivity index (χ1n) is 6.56. The van der Waals surface area contributed by atoms with Crippen molar-refractivity contribution in [2.45, 2.75) is 52.4 Å². The van der Waals surface area contributed by atoms with Gasteiger partial charge in [0.1, 0.15) is 0 Å². The second-order valence-corrected chi connectivity index (χ2v) is 3.99. The van der Waals surface area contributed by atoms with Crippen LogP contribution in [0.3, 0.4) is 0 Å². The fourth-order valence-corrected chi connectivity index (χ4v) is 1.40. The Kier molecular flexibility index (Phi) is 11.9. The van der Waals surface area contributed by atoms with Crippen LogP contribution in [-0.4, -0.2) is 5.11 Å². The summed E-state index contributed by atoms with van der Waals surface area (Å²) in [7, 11) is 0. The zero-order chi connectivity index (χ0) is 12.8. The van der Waals surface area contributed by atoms with Crippen molar-refractivity contribution in [3.8, 4) is 0 Å². The number of aliphatic hydroxyl groups is 1. The minimum atomic E-state index is 0.485. The predicted octanol–water partition coefficient (Wildman–Crippen LogP) is 5.48. The standard InChI is InChI=1S/C16H26O/c1-3-5-6-7-8-9-10-11-12-13-14-15-16(17)4-2/h3-5,8-9,12-13,17H,6-7,10-11,14-15H2,1-2H3. The van der Waals surface area contributed by atoms with E-state index in [0.717, 1.165) is 38.5 Å². The van der Waals surface area contributed by atoms with E-state index >= 15 is 0 Å². The Morgan fingerprint density at radius 3 is 1.71 bits per heavy atom. The molecule has 0 amide bonds. The molecule has 0 aliphatic carbocycles. The van der Waals surface area contributed by atoms with Gasteiger partial charge in [0, 0.05) is 6.42 Å². The summed E-state index contributed by atoms with van der Waals surface area (Å²) in [6.07, 6.45) is 21.1. The van der Waals surface area contributed by atoms with Crippen LogP contribution in [0.4, 0.5) is 0 Å². The number of aliphatic hydroxyl groups excluding tert-OH is 1. The number of rotatable bonds is 9. The molecule has 0 rings (SSSR count). The van der Waals surface area contributed by atoms with Crippen LogP contribution in [0.15, 0.2) is 48.3 Å². The first kappa shape index (κ1) is 15.8. The van der Waals surface area contributed by atoms with Crippen molar-refractivity contribution >= 4 is 0 Å². The number of hydrogen-bond acceptors (Lipinski definition) is 1. The first-order valence-corrected chi connectivity index (χ1v) is 6.56. The van der Waals surface area contributed by atoms with E-state index in [-0.39, 0.29) is 0 Å². The second kappa shape index (κ2) is 12.8. The van der Waals surface area contributed by atoms with Gasteiger partial charge < -0.3 is 5.11 Å². The normalized spacial score (nSPS) is 13.4. The van der Waals surface area contributed by atoms with Gasteiger partial charge in [0.2, 0.25) is 0 Å². The minimum absolute atomic E-state index is 0.485. The van der Waals surface area contributed by atoms with E-state index in [2.05, 4.69) is 43.4 Å². The highest BCUT2D eigenvalue weighted by Crippen LogP contribution is 2.03. The van der Waals surface area contributed by atoms with Crippen molar-refractivity contribution < 1.29 is 5.11 Å². The molecule has 0 heterocycles. The van der Waals surface area contributed by atoms with E-state index in [1.165, 1.54) is 0 Å². The largest absolute Gasteiger partial charge is 0.513 e. The van der Waals surface area contributed by atoms with E-state index in [1.807, 2.05) is 6.92 Å². The highest BCUT2D eigenvalue weighted by molar-refractivity contribution is 4.93. The highest BCUT2D eigenvalue weighted by atomic mass is 16.3. The molecule has 1 heteroatoms. The zero-order valence-corrected chi connectivity index (χ0v) is 11.2. The van der Waals surface area contributed by atoms with Gasteiger partial charge in [-0.15, -0.1) is 0 Å².